The molecule has 0 aromatic heterocycles. The molecule has 1 heterocycles. The summed E-state index contributed by atoms with van der Waals surface area (Å²) in [4.78, 5) is 17.1. The van der Waals surface area contributed by atoms with Crippen LogP contribution in [0, 0.1) is 5.82 Å². The third-order valence-corrected chi connectivity index (χ3v) is 6.16. The van der Waals surface area contributed by atoms with E-state index in [1.165, 1.54) is 17.7 Å². The van der Waals surface area contributed by atoms with Gasteiger partial charge in [-0.3, -0.25) is 9.69 Å². The van der Waals surface area contributed by atoms with Crippen LogP contribution >= 0.6 is 0 Å². The van der Waals surface area contributed by atoms with E-state index in [4.69, 9.17) is 4.74 Å². The summed E-state index contributed by atoms with van der Waals surface area (Å²) in [6, 6.07) is 15.0. The summed E-state index contributed by atoms with van der Waals surface area (Å²) in [5.74, 6) is 1.05. The molecule has 0 radical (unpaired) electrons. The Kier molecular flexibility index (Phi) is 7.48. The van der Waals surface area contributed by atoms with Gasteiger partial charge in [-0.15, -0.1) is 0 Å². The molecule has 0 bridgehead atoms. The van der Waals surface area contributed by atoms with Crippen molar-refractivity contribution in [3.8, 4) is 5.75 Å². The molecule has 1 saturated heterocycles. The molecule has 0 saturated carbocycles. The number of carbonyl (C=O) groups excluding carboxylic acids is 1. The Hall–Kier alpha value is -2.40. The van der Waals surface area contributed by atoms with Gasteiger partial charge in [0.15, 0.2) is 6.61 Å². The van der Waals surface area contributed by atoms with Crippen molar-refractivity contribution < 1.29 is 13.9 Å². The fourth-order valence-electron chi connectivity index (χ4n) is 3.95. The van der Waals surface area contributed by atoms with Gasteiger partial charge >= 0.3 is 0 Å². The molecular formula is C25H33FN2O2. The van der Waals surface area contributed by atoms with Crippen molar-refractivity contribution in [3.63, 3.8) is 0 Å². The first-order valence-electron chi connectivity index (χ1n) is 10.9. The first kappa shape index (κ1) is 22.3. The number of rotatable bonds is 7. The second-order valence-corrected chi connectivity index (χ2v) is 8.47. The van der Waals surface area contributed by atoms with Gasteiger partial charge in [0, 0.05) is 31.7 Å². The number of hydrogen-bond acceptors (Lipinski definition) is 3. The van der Waals surface area contributed by atoms with E-state index in [1.54, 1.807) is 0 Å². The Morgan fingerprint density at radius 1 is 1.07 bits per heavy atom. The molecule has 1 unspecified atom stereocenters. The molecule has 1 aliphatic rings. The highest BCUT2D eigenvalue weighted by Gasteiger charge is 2.32. The number of benzene rings is 2. The monoisotopic (exact) mass is 412 g/mol. The van der Waals surface area contributed by atoms with Gasteiger partial charge < -0.3 is 9.64 Å². The van der Waals surface area contributed by atoms with Crippen LogP contribution < -0.4 is 4.74 Å². The molecule has 0 N–H and O–H groups in total. The van der Waals surface area contributed by atoms with E-state index in [9.17, 15) is 9.18 Å². The zero-order chi connectivity index (χ0) is 21.7. The van der Waals surface area contributed by atoms with E-state index in [2.05, 4.69) is 44.7 Å². The molecule has 3 atom stereocenters. The summed E-state index contributed by atoms with van der Waals surface area (Å²) in [6.45, 7) is 10.8. The van der Waals surface area contributed by atoms with Gasteiger partial charge in [0.05, 0.1) is 0 Å². The molecule has 2 aromatic rings. The van der Waals surface area contributed by atoms with Gasteiger partial charge in [0.25, 0.3) is 5.91 Å². The van der Waals surface area contributed by atoms with E-state index < -0.39 is 0 Å². The van der Waals surface area contributed by atoms with E-state index >= 15 is 0 Å². The van der Waals surface area contributed by atoms with Crippen LogP contribution in [0.1, 0.15) is 51.2 Å². The lowest BCUT2D eigenvalue weighted by atomic mass is 9.99. The Labute approximate surface area is 179 Å². The van der Waals surface area contributed by atoms with Gasteiger partial charge in [-0.05, 0) is 61.6 Å². The molecule has 1 fully saturated rings. The Bertz CT molecular complexity index is 822. The highest BCUT2D eigenvalue weighted by atomic mass is 19.1. The molecular weight excluding hydrogens is 379 g/mol. The van der Waals surface area contributed by atoms with Crippen molar-refractivity contribution in [3.05, 3.63) is 65.5 Å². The molecule has 2 aromatic carbocycles. The van der Waals surface area contributed by atoms with E-state index in [-0.39, 0.29) is 30.4 Å². The van der Waals surface area contributed by atoms with Gasteiger partial charge in [0.1, 0.15) is 11.6 Å². The first-order chi connectivity index (χ1) is 14.4. The van der Waals surface area contributed by atoms with Crippen LogP contribution in [0.2, 0.25) is 0 Å². The van der Waals surface area contributed by atoms with Gasteiger partial charge in [0.2, 0.25) is 0 Å². The molecule has 162 valence electrons. The summed E-state index contributed by atoms with van der Waals surface area (Å²) in [5.41, 5.74) is 2.37. The summed E-state index contributed by atoms with van der Waals surface area (Å²) in [7, 11) is 0. The summed E-state index contributed by atoms with van der Waals surface area (Å²) < 4.78 is 18.9. The highest BCUT2D eigenvalue weighted by Crippen LogP contribution is 2.22. The summed E-state index contributed by atoms with van der Waals surface area (Å²) >= 11 is 0. The zero-order valence-electron chi connectivity index (χ0n) is 18.5. The number of piperazine rings is 1. The minimum Gasteiger partial charge on any atom is -0.484 e. The summed E-state index contributed by atoms with van der Waals surface area (Å²) in [6.07, 6.45) is 1.10. The molecule has 4 nitrogen and oxygen atoms in total. The van der Waals surface area contributed by atoms with Crippen LogP contribution in [-0.4, -0.2) is 47.5 Å². The van der Waals surface area contributed by atoms with Crippen molar-refractivity contribution >= 4 is 5.91 Å². The normalized spacial score (nSPS) is 20.8. The van der Waals surface area contributed by atoms with Crippen LogP contribution in [0.25, 0.3) is 0 Å². The van der Waals surface area contributed by atoms with Gasteiger partial charge in [-0.1, -0.05) is 38.1 Å². The second kappa shape index (κ2) is 10.1. The fourth-order valence-corrected chi connectivity index (χ4v) is 3.95. The first-order valence-corrected chi connectivity index (χ1v) is 10.9. The predicted molar refractivity (Wildman–Crippen MR) is 118 cm³/mol. The lowest BCUT2D eigenvalue weighted by Crippen LogP contribution is -2.58. The SMILES string of the molecule is CCC(C)c1ccc(OCC(=O)N2C[C@@H](C)N(Cc3ccc(F)cc3)C[C@@H]2C)cc1. The third kappa shape index (κ3) is 5.60. The molecule has 0 spiro atoms. The minimum atomic E-state index is -0.218. The number of ether oxygens (including phenoxy) is 1. The average Bonchev–Trinajstić information content (AvgIpc) is 2.75. The molecule has 30 heavy (non-hydrogen) atoms. The number of amides is 1. The standard InChI is InChI=1S/C25H33FN2O2/c1-5-18(2)22-8-12-24(13-9-22)30-17-25(29)28-15-19(3)27(14-20(28)4)16-21-6-10-23(26)11-7-21/h6-13,18-20H,5,14-17H2,1-4H3/t18?,19-,20+/m1/s1. The third-order valence-electron chi connectivity index (χ3n) is 6.16. The summed E-state index contributed by atoms with van der Waals surface area (Å²) in [5, 5.41) is 0. The number of halogens is 1. The Morgan fingerprint density at radius 2 is 1.73 bits per heavy atom. The lowest BCUT2D eigenvalue weighted by Gasteiger charge is -2.44. The number of carbonyl (C=O) groups is 1. The predicted octanol–water partition coefficient (Wildman–Crippen LogP) is 4.84. The quantitative estimate of drug-likeness (QED) is 0.652. The largest absolute Gasteiger partial charge is 0.484 e. The van der Waals surface area contributed by atoms with Crippen molar-refractivity contribution in [1.29, 1.82) is 0 Å². The zero-order valence-corrected chi connectivity index (χ0v) is 18.5. The van der Waals surface area contributed by atoms with E-state index in [0.29, 0.717) is 12.5 Å². The average molecular weight is 413 g/mol. The Balaban J connectivity index is 1.52. The smallest absolute Gasteiger partial charge is 0.260 e. The van der Waals surface area contributed by atoms with Crippen molar-refractivity contribution in [2.75, 3.05) is 19.7 Å². The second-order valence-electron chi connectivity index (χ2n) is 8.47. The topological polar surface area (TPSA) is 32.8 Å². The van der Waals surface area contributed by atoms with Crippen LogP contribution in [0.3, 0.4) is 0 Å². The van der Waals surface area contributed by atoms with Crippen LogP contribution in [0.15, 0.2) is 48.5 Å². The van der Waals surface area contributed by atoms with Crippen molar-refractivity contribution in [2.45, 2.75) is 58.7 Å². The highest BCUT2D eigenvalue weighted by molar-refractivity contribution is 5.78. The Morgan fingerprint density at radius 3 is 2.37 bits per heavy atom. The number of nitrogens with zero attached hydrogens (tertiary/aromatic N) is 2. The maximum atomic E-state index is 13.1. The van der Waals surface area contributed by atoms with E-state index in [0.717, 1.165) is 30.8 Å². The van der Waals surface area contributed by atoms with E-state index in [1.807, 2.05) is 29.2 Å². The van der Waals surface area contributed by atoms with Crippen molar-refractivity contribution in [1.82, 2.24) is 9.80 Å². The van der Waals surface area contributed by atoms with Gasteiger partial charge in [-0.25, -0.2) is 4.39 Å². The molecule has 3 rings (SSSR count). The fraction of sp³-hybridized carbons (Fsp3) is 0.480. The van der Waals surface area contributed by atoms with Crippen molar-refractivity contribution in [2.24, 2.45) is 0 Å². The van der Waals surface area contributed by atoms with Crippen LogP contribution in [0.4, 0.5) is 4.39 Å². The molecule has 1 amide bonds. The minimum absolute atomic E-state index is 0.0155. The number of hydrogen-bond donors (Lipinski definition) is 0. The van der Waals surface area contributed by atoms with Crippen LogP contribution in [0.5, 0.6) is 5.75 Å². The molecule has 1 aliphatic heterocycles. The molecule has 0 aliphatic carbocycles. The van der Waals surface area contributed by atoms with Gasteiger partial charge in [-0.2, -0.15) is 0 Å². The van der Waals surface area contributed by atoms with Crippen LogP contribution in [-0.2, 0) is 11.3 Å². The molecule has 5 heteroatoms. The lowest BCUT2D eigenvalue weighted by molar-refractivity contribution is -0.139. The maximum Gasteiger partial charge on any atom is 0.260 e. The maximum absolute atomic E-state index is 13.1.